The first-order valence-electron chi connectivity index (χ1n) is 12.6. The van der Waals surface area contributed by atoms with Gasteiger partial charge in [-0.1, -0.05) is 29.8 Å². The fraction of sp³-hybridized carbons (Fsp3) is 0.448. The first-order chi connectivity index (χ1) is 17.4. The predicted molar refractivity (Wildman–Crippen MR) is 141 cm³/mol. The maximum atomic E-state index is 14.8. The van der Waals surface area contributed by atoms with Crippen molar-refractivity contribution in [3.63, 3.8) is 0 Å². The van der Waals surface area contributed by atoms with Crippen LogP contribution in [0.3, 0.4) is 0 Å². The minimum Gasteiger partial charge on any atom is -0.481 e. The van der Waals surface area contributed by atoms with E-state index < -0.39 is 29.4 Å². The van der Waals surface area contributed by atoms with E-state index in [9.17, 15) is 23.5 Å². The van der Waals surface area contributed by atoms with Crippen LogP contribution in [0.4, 0.5) is 8.78 Å². The highest BCUT2D eigenvalue weighted by atomic mass is 35.5. The number of carboxylic acids is 1. The molecule has 0 radical (unpaired) electrons. The van der Waals surface area contributed by atoms with E-state index in [1.165, 1.54) is 12.1 Å². The maximum absolute atomic E-state index is 14.8. The third-order valence-electron chi connectivity index (χ3n) is 7.67. The van der Waals surface area contributed by atoms with Gasteiger partial charge in [0.05, 0.1) is 11.8 Å². The molecule has 1 saturated heterocycles. The molecule has 2 aromatic carbocycles. The van der Waals surface area contributed by atoms with Crippen molar-refractivity contribution in [2.75, 3.05) is 26.2 Å². The average Bonchev–Trinajstić information content (AvgIpc) is 3.29. The lowest BCUT2D eigenvalue weighted by atomic mass is 9.86. The Morgan fingerprint density at radius 2 is 1.84 bits per heavy atom. The van der Waals surface area contributed by atoms with Crippen molar-refractivity contribution in [3.8, 4) is 0 Å². The monoisotopic (exact) mass is 530 g/mol. The highest BCUT2D eigenvalue weighted by Crippen LogP contribution is 2.39. The van der Waals surface area contributed by atoms with Crippen LogP contribution < -0.4 is 0 Å². The van der Waals surface area contributed by atoms with Gasteiger partial charge in [0.2, 0.25) is 5.91 Å². The van der Waals surface area contributed by atoms with Crippen molar-refractivity contribution < 1.29 is 23.5 Å². The zero-order valence-electron chi connectivity index (χ0n) is 21.6. The Labute approximate surface area is 221 Å². The Morgan fingerprint density at radius 3 is 2.43 bits per heavy atom. The summed E-state index contributed by atoms with van der Waals surface area (Å²) < 4.78 is 28.4. The lowest BCUT2D eigenvalue weighted by Crippen LogP contribution is -2.43. The lowest BCUT2D eigenvalue weighted by molar-refractivity contribution is -0.138. The number of amides is 1. The van der Waals surface area contributed by atoms with Gasteiger partial charge in [-0.05, 0) is 74.6 Å². The summed E-state index contributed by atoms with van der Waals surface area (Å²) in [6, 6.07) is 8.86. The van der Waals surface area contributed by atoms with E-state index in [0.717, 1.165) is 17.2 Å². The molecule has 198 valence electrons. The molecule has 2 aliphatic heterocycles. The van der Waals surface area contributed by atoms with Crippen LogP contribution in [0.5, 0.6) is 0 Å². The standard InChI is InChI=1S/C29H33ClF2N2O3/c1-17(28(36)37)23-13-19(30)5-7-21(23)18-9-11-33(12-10-18)27(35)25-16-34(29(2,3)4)15-24(25)22-8-6-20(31)14-26(22)32/h5-9,13-14,17,24-25H,10-12,15-16H2,1-4H3,(H,36,37)/t17?,24-,25+/m0/s1. The molecule has 0 aliphatic carbocycles. The Balaban J connectivity index is 1.58. The van der Waals surface area contributed by atoms with E-state index in [-0.39, 0.29) is 17.4 Å². The van der Waals surface area contributed by atoms with Crippen LogP contribution in [0, 0.1) is 17.6 Å². The van der Waals surface area contributed by atoms with Crippen LogP contribution in [-0.4, -0.2) is 58.5 Å². The minimum atomic E-state index is -0.930. The summed E-state index contributed by atoms with van der Waals surface area (Å²) >= 11 is 6.15. The molecular weight excluding hydrogens is 498 g/mol. The number of aliphatic carboxylic acids is 1. The number of halogens is 3. The Hall–Kier alpha value is -2.77. The second-order valence-electron chi connectivity index (χ2n) is 11.0. The van der Waals surface area contributed by atoms with Crippen molar-refractivity contribution >= 4 is 29.1 Å². The van der Waals surface area contributed by atoms with Gasteiger partial charge in [-0.2, -0.15) is 0 Å². The van der Waals surface area contributed by atoms with E-state index >= 15 is 0 Å². The Bertz CT molecular complexity index is 1240. The van der Waals surface area contributed by atoms with E-state index in [0.29, 0.717) is 48.7 Å². The summed E-state index contributed by atoms with van der Waals surface area (Å²) in [5.74, 6) is -3.79. The molecule has 1 unspecified atom stereocenters. The summed E-state index contributed by atoms with van der Waals surface area (Å²) in [6.45, 7) is 9.68. The van der Waals surface area contributed by atoms with Crippen LogP contribution >= 0.6 is 11.6 Å². The van der Waals surface area contributed by atoms with Gasteiger partial charge in [0, 0.05) is 48.7 Å². The molecule has 3 atom stereocenters. The van der Waals surface area contributed by atoms with E-state index in [1.807, 2.05) is 12.1 Å². The molecule has 1 N–H and O–H groups in total. The predicted octanol–water partition coefficient (Wildman–Crippen LogP) is 5.94. The van der Waals surface area contributed by atoms with Gasteiger partial charge in [0.1, 0.15) is 11.6 Å². The van der Waals surface area contributed by atoms with Gasteiger partial charge < -0.3 is 10.0 Å². The molecule has 1 amide bonds. The molecule has 0 saturated carbocycles. The third kappa shape index (κ3) is 5.73. The lowest BCUT2D eigenvalue weighted by Gasteiger charge is -2.33. The number of carbonyl (C=O) groups excluding carboxylic acids is 1. The summed E-state index contributed by atoms with van der Waals surface area (Å²) in [6.07, 6.45) is 2.53. The van der Waals surface area contributed by atoms with Crippen LogP contribution in [0.2, 0.25) is 5.02 Å². The number of hydrogen-bond acceptors (Lipinski definition) is 3. The van der Waals surface area contributed by atoms with Gasteiger partial charge in [-0.3, -0.25) is 14.5 Å². The van der Waals surface area contributed by atoms with Gasteiger partial charge in [0.25, 0.3) is 0 Å². The summed E-state index contributed by atoms with van der Waals surface area (Å²) in [4.78, 5) is 29.4. The number of carboxylic acid groups (broad SMARTS) is 1. The molecule has 37 heavy (non-hydrogen) atoms. The molecule has 2 aliphatic rings. The number of rotatable bonds is 5. The quantitative estimate of drug-likeness (QED) is 0.520. The zero-order valence-corrected chi connectivity index (χ0v) is 22.4. The fourth-order valence-corrected chi connectivity index (χ4v) is 5.57. The molecule has 5 nitrogen and oxygen atoms in total. The highest BCUT2D eigenvalue weighted by Gasteiger charge is 2.44. The highest BCUT2D eigenvalue weighted by molar-refractivity contribution is 6.30. The Kier molecular flexibility index (Phi) is 7.77. The van der Waals surface area contributed by atoms with Crippen molar-refractivity contribution in [2.45, 2.75) is 51.5 Å². The van der Waals surface area contributed by atoms with E-state index in [1.54, 1.807) is 24.0 Å². The topological polar surface area (TPSA) is 60.9 Å². The first kappa shape index (κ1) is 27.3. The normalized spacial score (nSPS) is 21.6. The second-order valence-corrected chi connectivity index (χ2v) is 11.4. The van der Waals surface area contributed by atoms with Crippen molar-refractivity contribution in [1.29, 1.82) is 0 Å². The van der Waals surface area contributed by atoms with Crippen molar-refractivity contribution in [1.82, 2.24) is 9.80 Å². The van der Waals surface area contributed by atoms with Crippen LogP contribution in [0.15, 0.2) is 42.5 Å². The van der Waals surface area contributed by atoms with Crippen LogP contribution in [-0.2, 0) is 9.59 Å². The summed E-state index contributed by atoms with van der Waals surface area (Å²) in [7, 11) is 0. The SMILES string of the molecule is CC(C(=O)O)c1cc(Cl)ccc1C1=CCN(C(=O)[C@@H]2CN(C(C)(C)C)C[C@H]2c2ccc(F)cc2F)CC1. The zero-order chi connectivity index (χ0) is 27.1. The fourth-order valence-electron chi connectivity index (χ4n) is 5.38. The van der Waals surface area contributed by atoms with E-state index in [2.05, 4.69) is 25.7 Å². The molecule has 4 rings (SSSR count). The van der Waals surface area contributed by atoms with Gasteiger partial charge in [-0.25, -0.2) is 8.78 Å². The van der Waals surface area contributed by atoms with Crippen molar-refractivity contribution in [2.24, 2.45) is 5.92 Å². The van der Waals surface area contributed by atoms with Crippen molar-refractivity contribution in [3.05, 3.63) is 75.8 Å². The van der Waals surface area contributed by atoms with E-state index in [4.69, 9.17) is 11.6 Å². The number of nitrogens with zero attached hydrogens (tertiary/aromatic N) is 2. The molecule has 0 aromatic heterocycles. The minimum absolute atomic E-state index is 0.0500. The average molecular weight is 531 g/mol. The first-order valence-corrected chi connectivity index (χ1v) is 12.9. The van der Waals surface area contributed by atoms with Gasteiger partial charge in [0.15, 0.2) is 0 Å². The van der Waals surface area contributed by atoms with Gasteiger partial charge >= 0.3 is 5.97 Å². The largest absolute Gasteiger partial charge is 0.481 e. The molecule has 8 heteroatoms. The second kappa shape index (κ2) is 10.5. The van der Waals surface area contributed by atoms with Crippen LogP contribution in [0.1, 0.15) is 62.6 Å². The molecule has 0 bridgehead atoms. The number of benzene rings is 2. The molecule has 2 heterocycles. The van der Waals surface area contributed by atoms with Crippen LogP contribution in [0.25, 0.3) is 5.57 Å². The molecular formula is C29H33ClF2N2O3. The smallest absolute Gasteiger partial charge is 0.310 e. The number of carbonyl (C=O) groups is 2. The molecule has 0 spiro atoms. The number of likely N-dealkylation sites (tertiary alicyclic amines) is 1. The Morgan fingerprint density at radius 1 is 1.11 bits per heavy atom. The molecule has 1 fully saturated rings. The summed E-state index contributed by atoms with van der Waals surface area (Å²) in [5, 5.41) is 10.0. The summed E-state index contributed by atoms with van der Waals surface area (Å²) in [5.41, 5.74) is 2.62. The third-order valence-corrected chi connectivity index (χ3v) is 7.90. The van der Waals surface area contributed by atoms with Gasteiger partial charge in [-0.15, -0.1) is 0 Å². The molecule has 2 aromatic rings. The number of hydrogen-bond donors (Lipinski definition) is 1. The maximum Gasteiger partial charge on any atom is 0.310 e.